The molecule has 0 heterocycles. The summed E-state index contributed by atoms with van der Waals surface area (Å²) in [6, 6.07) is 26.8. The molecule has 0 radical (unpaired) electrons. The summed E-state index contributed by atoms with van der Waals surface area (Å²) in [6.45, 7) is 12.3. The van der Waals surface area contributed by atoms with Gasteiger partial charge in [-0.05, 0) is 169 Å². The molecule has 4 fully saturated rings. The van der Waals surface area contributed by atoms with E-state index in [0.29, 0.717) is 17.8 Å². The molecule has 4 nitrogen and oxygen atoms in total. The largest absolute Gasteiger partial charge is 0.488 e. The van der Waals surface area contributed by atoms with E-state index < -0.39 is 10.3 Å². The van der Waals surface area contributed by atoms with E-state index in [4.69, 9.17) is 13.7 Å². The summed E-state index contributed by atoms with van der Waals surface area (Å²) in [5, 5.41) is 0. The zero-order valence-corrected chi connectivity index (χ0v) is 26.8. The number of benzene rings is 3. The van der Waals surface area contributed by atoms with Crippen molar-refractivity contribution in [1.29, 1.82) is 0 Å². The van der Waals surface area contributed by atoms with Gasteiger partial charge in [0.1, 0.15) is 22.7 Å². The molecule has 3 aromatic carbocycles. The van der Waals surface area contributed by atoms with Crippen LogP contribution in [0.15, 0.2) is 93.5 Å². The third-order valence-electron chi connectivity index (χ3n) is 8.91. The van der Waals surface area contributed by atoms with Gasteiger partial charge in [-0.2, -0.15) is 0 Å². The summed E-state index contributed by atoms with van der Waals surface area (Å²) in [7, 11) is -2.41. The first-order chi connectivity index (χ1) is 19.8. The number of hydrogen-bond donors (Lipinski definition) is 0. The molecule has 4 aliphatic rings. The summed E-state index contributed by atoms with van der Waals surface area (Å²) >= 11 is 0. The number of carbonyl (C=O) groups excluding carboxylic acids is 1. The van der Waals surface area contributed by atoms with Gasteiger partial charge in [0, 0.05) is 14.7 Å². The number of ether oxygens (including phenoxy) is 2. The fourth-order valence-electron chi connectivity index (χ4n) is 7.83. The zero-order valence-electron chi connectivity index (χ0n) is 26.0. The molecule has 7 rings (SSSR count). The van der Waals surface area contributed by atoms with Gasteiger partial charge in [-0.25, -0.2) is 0 Å². The van der Waals surface area contributed by atoms with Crippen LogP contribution in [0, 0.1) is 23.2 Å². The van der Waals surface area contributed by atoms with E-state index in [1.165, 1.54) is 19.3 Å². The maximum Gasteiger partial charge on any atom is 0.323 e. The Morgan fingerprint density at radius 3 is 1.38 bits per heavy atom. The van der Waals surface area contributed by atoms with Crippen LogP contribution >= 0.6 is 10.3 Å². The van der Waals surface area contributed by atoms with E-state index in [0.717, 1.165) is 45.4 Å². The molecule has 4 saturated carbocycles. The van der Waals surface area contributed by atoms with Gasteiger partial charge in [-0.1, -0.05) is 18.2 Å². The minimum absolute atomic E-state index is 0.00881. The van der Waals surface area contributed by atoms with Crippen LogP contribution in [0.25, 0.3) is 0 Å². The summed E-state index contributed by atoms with van der Waals surface area (Å²) in [6.07, 6.45) is 6.77. The van der Waals surface area contributed by atoms with Crippen molar-refractivity contribution in [2.75, 3.05) is 0 Å². The molecule has 0 saturated heterocycles. The predicted octanol–water partition coefficient (Wildman–Crippen LogP) is 10.00. The molecule has 42 heavy (non-hydrogen) atoms. The Hall–Kier alpha value is -2.92. The second-order valence-electron chi connectivity index (χ2n) is 14.8. The Bertz CT molecular complexity index is 1300. The fraction of sp³-hybridized carbons (Fsp3) is 0.486. The Labute approximate surface area is 253 Å². The number of hydrogen-bond acceptors (Lipinski definition) is 4. The Morgan fingerprint density at radius 2 is 1.00 bits per heavy atom. The van der Waals surface area contributed by atoms with Gasteiger partial charge < -0.3 is 13.7 Å². The minimum Gasteiger partial charge on any atom is -0.488 e. The lowest BCUT2D eigenvalue weighted by molar-refractivity contribution is -0.160. The lowest BCUT2D eigenvalue weighted by Gasteiger charge is -2.56. The Morgan fingerprint density at radius 1 is 0.619 bits per heavy atom. The van der Waals surface area contributed by atoms with Crippen LogP contribution in [-0.2, 0) is 8.98 Å². The topological polar surface area (TPSA) is 44.8 Å². The lowest BCUT2D eigenvalue weighted by Crippen LogP contribution is -2.50. The minimum atomic E-state index is -2.41. The van der Waals surface area contributed by atoms with Crippen molar-refractivity contribution in [3.63, 3.8) is 0 Å². The van der Waals surface area contributed by atoms with Crippen molar-refractivity contribution in [2.45, 2.75) is 106 Å². The summed E-state index contributed by atoms with van der Waals surface area (Å²) < 4.78 is 19.5. The SMILES string of the molecule is CC(C)(C)Oc1ccc(S(OC(=O)C23CC4CC(CC(C4)C2)C3)(c2ccccc2)c2ccc(OC(C)(C)C)cc2)cc1. The summed E-state index contributed by atoms with van der Waals surface area (Å²) in [4.78, 5) is 17.7. The van der Waals surface area contributed by atoms with Crippen molar-refractivity contribution in [1.82, 2.24) is 0 Å². The van der Waals surface area contributed by atoms with E-state index in [9.17, 15) is 4.79 Å². The highest BCUT2D eigenvalue weighted by molar-refractivity contribution is 8.30. The third-order valence-corrected chi connectivity index (χ3v) is 12.1. The van der Waals surface area contributed by atoms with Gasteiger partial charge in [0.05, 0.1) is 5.41 Å². The van der Waals surface area contributed by atoms with Gasteiger partial charge in [-0.3, -0.25) is 4.79 Å². The summed E-state index contributed by atoms with van der Waals surface area (Å²) in [5.41, 5.74) is -0.982. The third kappa shape index (κ3) is 5.82. The predicted molar refractivity (Wildman–Crippen MR) is 169 cm³/mol. The zero-order chi connectivity index (χ0) is 29.8. The van der Waals surface area contributed by atoms with Gasteiger partial charge in [0.25, 0.3) is 0 Å². The molecule has 5 heteroatoms. The van der Waals surface area contributed by atoms with Crippen LogP contribution in [0.1, 0.15) is 80.1 Å². The van der Waals surface area contributed by atoms with E-state index in [-0.39, 0.29) is 22.6 Å². The summed E-state index contributed by atoms with van der Waals surface area (Å²) in [5.74, 6) is 3.57. The average molecular weight is 587 g/mol. The first kappa shape index (κ1) is 29.2. The Balaban J connectivity index is 1.47. The van der Waals surface area contributed by atoms with Crippen LogP contribution in [0.3, 0.4) is 0 Å². The molecule has 3 aromatic rings. The molecule has 0 atom stereocenters. The van der Waals surface area contributed by atoms with Crippen molar-refractivity contribution in [2.24, 2.45) is 23.2 Å². The van der Waals surface area contributed by atoms with Gasteiger partial charge in [-0.15, -0.1) is 0 Å². The number of carbonyl (C=O) groups is 1. The lowest BCUT2D eigenvalue weighted by atomic mass is 9.49. The monoisotopic (exact) mass is 586 g/mol. The van der Waals surface area contributed by atoms with Crippen molar-refractivity contribution < 1.29 is 18.5 Å². The van der Waals surface area contributed by atoms with E-state index in [1.54, 1.807) is 0 Å². The molecule has 4 bridgehead atoms. The van der Waals surface area contributed by atoms with E-state index in [2.05, 4.69) is 77.9 Å². The maximum atomic E-state index is 14.7. The number of rotatable bonds is 7. The highest BCUT2D eigenvalue weighted by Crippen LogP contribution is 2.71. The second-order valence-corrected chi connectivity index (χ2v) is 17.5. The van der Waals surface area contributed by atoms with Gasteiger partial charge in [0.15, 0.2) is 0 Å². The molecular formula is C37H46O4S. The molecular weight excluding hydrogens is 540 g/mol. The molecule has 0 amide bonds. The van der Waals surface area contributed by atoms with E-state index in [1.807, 2.05) is 42.5 Å². The molecule has 4 aliphatic carbocycles. The molecule has 0 spiro atoms. The molecule has 0 aromatic heterocycles. The normalized spacial score (nSPS) is 25.6. The molecule has 224 valence electrons. The second kappa shape index (κ2) is 10.7. The average Bonchev–Trinajstić information content (AvgIpc) is 2.91. The van der Waals surface area contributed by atoms with Crippen LogP contribution in [0.5, 0.6) is 11.5 Å². The standard InChI is InChI=1S/C37H46O4S/c1-35(2,3)39-29-12-16-32(17-13-29)42(31-10-8-7-9-11-31,33-18-14-30(15-19-33)40-36(4,5)6)41-34(38)37-23-26-20-27(24-37)22-28(21-26)25-37/h7-19,26-28H,20-25H2,1-6H3. The molecule has 0 aliphatic heterocycles. The highest BCUT2D eigenvalue weighted by Gasteiger charge is 2.57. The first-order valence-corrected chi connectivity index (χ1v) is 17.1. The molecule has 0 unspecified atom stereocenters. The van der Waals surface area contributed by atoms with Crippen molar-refractivity contribution >= 4 is 16.3 Å². The first-order valence-electron chi connectivity index (χ1n) is 15.5. The smallest absolute Gasteiger partial charge is 0.323 e. The van der Waals surface area contributed by atoms with Gasteiger partial charge >= 0.3 is 5.97 Å². The van der Waals surface area contributed by atoms with E-state index >= 15 is 0 Å². The Kier molecular flexibility index (Phi) is 7.40. The van der Waals surface area contributed by atoms with Crippen molar-refractivity contribution in [3.8, 4) is 11.5 Å². The van der Waals surface area contributed by atoms with Gasteiger partial charge in [0.2, 0.25) is 0 Å². The highest BCUT2D eigenvalue weighted by atomic mass is 32.3. The van der Waals surface area contributed by atoms with Crippen LogP contribution < -0.4 is 9.47 Å². The maximum absolute atomic E-state index is 14.7. The van der Waals surface area contributed by atoms with Crippen molar-refractivity contribution in [3.05, 3.63) is 78.9 Å². The fourth-order valence-corrected chi connectivity index (χ4v) is 10.9. The van der Waals surface area contributed by atoms with Crippen LogP contribution in [-0.4, -0.2) is 17.2 Å². The molecule has 0 N–H and O–H groups in total. The quantitative estimate of drug-likeness (QED) is 0.276. The van der Waals surface area contributed by atoms with Crippen LogP contribution in [0.4, 0.5) is 0 Å². The van der Waals surface area contributed by atoms with Crippen LogP contribution in [0.2, 0.25) is 0 Å².